The summed E-state index contributed by atoms with van der Waals surface area (Å²) in [6, 6.07) is 10.4. The molecule has 1 aromatic rings. The molecule has 1 saturated heterocycles. The number of carbonyl (C=O) groups excluding carboxylic acids is 1. The number of carboxylic acids is 1. The highest BCUT2D eigenvalue weighted by molar-refractivity contribution is 5.78. The molecule has 0 saturated carbocycles. The zero-order valence-electron chi connectivity index (χ0n) is 14.6. The smallest absolute Gasteiger partial charge is 0.303 e. The third-order valence-electron chi connectivity index (χ3n) is 4.96. The first-order valence-corrected chi connectivity index (χ1v) is 9.10. The Balaban J connectivity index is 1.74. The molecule has 0 spiro atoms. The number of carboxylic acid groups (broad SMARTS) is 1. The summed E-state index contributed by atoms with van der Waals surface area (Å²) < 4.78 is 0. The molecular formula is C20H29NO3. The molecule has 0 aliphatic carbocycles. The molecule has 1 aromatic carbocycles. The van der Waals surface area contributed by atoms with E-state index in [0.717, 1.165) is 45.2 Å². The van der Waals surface area contributed by atoms with Crippen molar-refractivity contribution in [2.75, 3.05) is 13.1 Å². The van der Waals surface area contributed by atoms with Crippen LogP contribution in [0.3, 0.4) is 0 Å². The van der Waals surface area contributed by atoms with Gasteiger partial charge in [-0.05, 0) is 50.0 Å². The van der Waals surface area contributed by atoms with E-state index < -0.39 is 5.97 Å². The summed E-state index contributed by atoms with van der Waals surface area (Å²) in [6.45, 7) is 3.58. The number of rotatable bonds is 8. The molecular weight excluding hydrogens is 302 g/mol. The molecule has 4 heteroatoms. The second-order valence-corrected chi connectivity index (χ2v) is 7.00. The first-order chi connectivity index (χ1) is 11.6. The van der Waals surface area contributed by atoms with Gasteiger partial charge in [-0.25, -0.2) is 0 Å². The predicted octanol–water partition coefficient (Wildman–Crippen LogP) is 3.75. The Hall–Kier alpha value is -1.84. The van der Waals surface area contributed by atoms with E-state index in [1.807, 2.05) is 17.9 Å². The van der Waals surface area contributed by atoms with Crippen LogP contribution in [-0.4, -0.2) is 35.0 Å². The Bertz CT molecular complexity index is 529. The number of likely N-dealkylation sites (tertiary alicyclic amines) is 1. The summed E-state index contributed by atoms with van der Waals surface area (Å²) in [4.78, 5) is 25.3. The van der Waals surface area contributed by atoms with E-state index in [1.54, 1.807) is 0 Å². The fourth-order valence-electron chi connectivity index (χ4n) is 3.52. The van der Waals surface area contributed by atoms with Crippen LogP contribution < -0.4 is 0 Å². The summed E-state index contributed by atoms with van der Waals surface area (Å²) >= 11 is 0. The van der Waals surface area contributed by atoms with Gasteiger partial charge in [0.05, 0.1) is 0 Å². The minimum absolute atomic E-state index is 0.0481. The number of benzene rings is 1. The Kier molecular flexibility index (Phi) is 7.29. The van der Waals surface area contributed by atoms with Crippen molar-refractivity contribution in [2.45, 2.75) is 51.9 Å². The number of aliphatic carboxylic acids is 1. The average molecular weight is 331 g/mol. The highest BCUT2D eigenvalue weighted by atomic mass is 16.4. The normalized spacial score (nSPS) is 19.0. The lowest BCUT2D eigenvalue weighted by Gasteiger charge is -2.34. The standard InChI is InChI=1S/C20H29NO3/c1-16(7-5-10-17-8-3-2-4-9-17)20(24)21-14-6-11-18(15-21)12-13-19(22)23/h2-4,8-9,16,18H,5-7,10-15H2,1H3,(H,22,23). The molecule has 2 unspecified atom stereocenters. The van der Waals surface area contributed by atoms with Crippen molar-refractivity contribution in [3.63, 3.8) is 0 Å². The van der Waals surface area contributed by atoms with Crippen LogP contribution in [0.2, 0.25) is 0 Å². The molecule has 0 aromatic heterocycles. The lowest BCUT2D eigenvalue weighted by molar-refractivity contribution is -0.138. The zero-order chi connectivity index (χ0) is 17.4. The Morgan fingerprint density at radius 1 is 1.29 bits per heavy atom. The molecule has 1 aliphatic rings. The summed E-state index contributed by atoms with van der Waals surface area (Å²) in [5.41, 5.74) is 1.32. The third-order valence-corrected chi connectivity index (χ3v) is 4.96. The van der Waals surface area contributed by atoms with E-state index in [9.17, 15) is 9.59 Å². The number of amides is 1. The zero-order valence-corrected chi connectivity index (χ0v) is 14.6. The van der Waals surface area contributed by atoms with Gasteiger partial charge in [-0.1, -0.05) is 37.3 Å². The van der Waals surface area contributed by atoms with E-state index in [4.69, 9.17) is 5.11 Å². The molecule has 4 nitrogen and oxygen atoms in total. The second-order valence-electron chi connectivity index (χ2n) is 7.00. The van der Waals surface area contributed by atoms with E-state index in [2.05, 4.69) is 24.3 Å². The molecule has 0 bridgehead atoms. The highest BCUT2D eigenvalue weighted by Crippen LogP contribution is 2.23. The van der Waals surface area contributed by atoms with Crippen LogP contribution in [0.1, 0.15) is 51.0 Å². The van der Waals surface area contributed by atoms with Crippen LogP contribution in [0, 0.1) is 11.8 Å². The van der Waals surface area contributed by atoms with Gasteiger partial charge in [0.25, 0.3) is 0 Å². The largest absolute Gasteiger partial charge is 0.481 e. The van der Waals surface area contributed by atoms with Crippen molar-refractivity contribution in [1.29, 1.82) is 0 Å². The monoisotopic (exact) mass is 331 g/mol. The number of carbonyl (C=O) groups is 2. The van der Waals surface area contributed by atoms with Gasteiger partial charge < -0.3 is 10.0 Å². The van der Waals surface area contributed by atoms with Crippen molar-refractivity contribution in [2.24, 2.45) is 11.8 Å². The number of piperidine rings is 1. The van der Waals surface area contributed by atoms with Crippen LogP contribution in [0.15, 0.2) is 30.3 Å². The van der Waals surface area contributed by atoms with Gasteiger partial charge in [0.15, 0.2) is 0 Å². The summed E-state index contributed by atoms with van der Waals surface area (Å²) in [6.07, 6.45) is 5.87. The van der Waals surface area contributed by atoms with Gasteiger partial charge in [-0.3, -0.25) is 9.59 Å². The topological polar surface area (TPSA) is 57.6 Å². The fourth-order valence-corrected chi connectivity index (χ4v) is 3.52. The molecule has 2 rings (SSSR count). The second kappa shape index (κ2) is 9.45. The Morgan fingerprint density at radius 3 is 2.75 bits per heavy atom. The van der Waals surface area contributed by atoms with Crippen molar-refractivity contribution in [3.05, 3.63) is 35.9 Å². The van der Waals surface area contributed by atoms with E-state index in [1.165, 1.54) is 5.56 Å². The maximum Gasteiger partial charge on any atom is 0.303 e. The Labute approximate surface area is 144 Å². The van der Waals surface area contributed by atoms with Gasteiger partial charge in [-0.15, -0.1) is 0 Å². The maximum atomic E-state index is 12.6. The first-order valence-electron chi connectivity index (χ1n) is 9.10. The molecule has 2 atom stereocenters. The molecule has 1 aliphatic heterocycles. The van der Waals surface area contributed by atoms with E-state index >= 15 is 0 Å². The number of hydrogen-bond acceptors (Lipinski definition) is 2. The average Bonchev–Trinajstić information content (AvgIpc) is 2.60. The first kappa shape index (κ1) is 18.5. The maximum absolute atomic E-state index is 12.6. The van der Waals surface area contributed by atoms with Crippen molar-refractivity contribution >= 4 is 11.9 Å². The summed E-state index contributed by atoms with van der Waals surface area (Å²) in [5.74, 6) is -0.113. The molecule has 1 heterocycles. The lowest BCUT2D eigenvalue weighted by Crippen LogP contribution is -2.42. The summed E-state index contributed by atoms with van der Waals surface area (Å²) in [7, 11) is 0. The van der Waals surface area contributed by atoms with Crippen molar-refractivity contribution in [1.82, 2.24) is 4.90 Å². The number of hydrogen-bond donors (Lipinski definition) is 1. The molecule has 132 valence electrons. The van der Waals surface area contributed by atoms with Gasteiger partial charge in [-0.2, -0.15) is 0 Å². The predicted molar refractivity (Wildman–Crippen MR) is 94.7 cm³/mol. The molecule has 24 heavy (non-hydrogen) atoms. The Morgan fingerprint density at radius 2 is 2.04 bits per heavy atom. The van der Waals surface area contributed by atoms with Gasteiger partial charge >= 0.3 is 5.97 Å². The molecule has 0 radical (unpaired) electrons. The van der Waals surface area contributed by atoms with Crippen LogP contribution in [0.4, 0.5) is 0 Å². The quantitative estimate of drug-likeness (QED) is 0.789. The van der Waals surface area contributed by atoms with Crippen LogP contribution >= 0.6 is 0 Å². The van der Waals surface area contributed by atoms with E-state index in [-0.39, 0.29) is 18.2 Å². The molecule has 1 amide bonds. The minimum Gasteiger partial charge on any atom is -0.481 e. The lowest BCUT2D eigenvalue weighted by atomic mass is 9.92. The van der Waals surface area contributed by atoms with E-state index in [0.29, 0.717) is 12.3 Å². The summed E-state index contributed by atoms with van der Waals surface area (Å²) in [5, 5.41) is 8.82. The molecule has 1 fully saturated rings. The number of aryl methyl sites for hydroxylation is 1. The SMILES string of the molecule is CC(CCCc1ccccc1)C(=O)N1CCCC(CCC(=O)O)C1. The van der Waals surface area contributed by atoms with Crippen LogP contribution in [-0.2, 0) is 16.0 Å². The van der Waals surface area contributed by atoms with Gasteiger partial charge in [0, 0.05) is 25.4 Å². The van der Waals surface area contributed by atoms with Crippen molar-refractivity contribution < 1.29 is 14.7 Å². The highest BCUT2D eigenvalue weighted by Gasteiger charge is 2.26. The molecule has 1 N–H and O–H groups in total. The van der Waals surface area contributed by atoms with Gasteiger partial charge in [0.2, 0.25) is 5.91 Å². The van der Waals surface area contributed by atoms with Crippen LogP contribution in [0.5, 0.6) is 0 Å². The third kappa shape index (κ3) is 5.99. The van der Waals surface area contributed by atoms with Crippen LogP contribution in [0.25, 0.3) is 0 Å². The van der Waals surface area contributed by atoms with Gasteiger partial charge in [0.1, 0.15) is 0 Å². The van der Waals surface area contributed by atoms with Crippen molar-refractivity contribution in [3.8, 4) is 0 Å². The number of nitrogens with zero attached hydrogens (tertiary/aromatic N) is 1. The fraction of sp³-hybridized carbons (Fsp3) is 0.600. The minimum atomic E-state index is -0.743.